The number of allylic oxidation sites excluding steroid dienone is 4. The number of phosphoric ester groups is 1. The van der Waals surface area contributed by atoms with Gasteiger partial charge in [0.15, 0.2) is 6.10 Å². The van der Waals surface area contributed by atoms with Gasteiger partial charge in [-0.25, -0.2) is 0 Å². The molecule has 0 aliphatic rings. The third-order valence-electron chi connectivity index (χ3n) is 17.5. The first kappa shape index (κ1) is 84.5. The molecule has 0 aromatic heterocycles. The number of likely N-dealkylation sites (N-methyl/N-ethyl adjacent to an activating group) is 1. The molecule has 0 amide bonds. The van der Waals surface area contributed by atoms with Crippen LogP contribution in [-0.4, -0.2) is 70.0 Å². The van der Waals surface area contributed by atoms with E-state index in [2.05, 4.69) is 38.2 Å². The third-order valence-corrected chi connectivity index (χ3v) is 18.4. The van der Waals surface area contributed by atoms with E-state index in [0.29, 0.717) is 17.4 Å². The number of esters is 2. The van der Waals surface area contributed by atoms with Gasteiger partial charge in [-0.05, 0) is 44.9 Å². The van der Waals surface area contributed by atoms with Gasteiger partial charge in [-0.3, -0.25) is 14.2 Å². The van der Waals surface area contributed by atoms with E-state index in [0.717, 1.165) is 44.9 Å². The standard InChI is InChI=1S/C76H148NO8P/c1-6-8-10-12-14-16-18-20-22-24-26-28-30-31-32-33-34-35-36-37-38-39-40-41-42-43-44-45-47-48-50-52-54-56-58-60-62-64-66-68-75(78)82-72-74(73-84-86(80,81)83-71-70-77(3,4)5)85-76(79)69-67-65-63-61-59-57-55-53-51-49-46-29-27-25-23-21-19-17-15-13-11-9-7-2/h19,21,25,27,74H,6-18,20,22-24,26,28-73H2,1-5H3/b21-19-,27-25-. The van der Waals surface area contributed by atoms with Gasteiger partial charge < -0.3 is 27.9 Å². The zero-order chi connectivity index (χ0) is 62.6. The van der Waals surface area contributed by atoms with Crippen LogP contribution in [0.1, 0.15) is 399 Å². The van der Waals surface area contributed by atoms with Gasteiger partial charge in [0.2, 0.25) is 0 Å². The molecule has 0 aliphatic heterocycles. The summed E-state index contributed by atoms with van der Waals surface area (Å²) in [7, 11) is 1.19. The number of quaternary nitrogens is 1. The molecule has 0 aromatic carbocycles. The van der Waals surface area contributed by atoms with Crippen molar-refractivity contribution in [3.05, 3.63) is 24.3 Å². The summed E-state index contributed by atoms with van der Waals surface area (Å²) in [6, 6.07) is 0. The fourth-order valence-corrected chi connectivity index (χ4v) is 12.4. The molecule has 9 nitrogen and oxygen atoms in total. The van der Waals surface area contributed by atoms with Gasteiger partial charge >= 0.3 is 11.9 Å². The van der Waals surface area contributed by atoms with Crippen molar-refractivity contribution in [3.8, 4) is 0 Å². The summed E-state index contributed by atoms with van der Waals surface area (Å²) in [6.07, 6.45) is 85.9. The quantitative estimate of drug-likeness (QED) is 0.0195. The molecule has 0 radical (unpaired) electrons. The average Bonchev–Trinajstić information content (AvgIpc) is 3.56. The number of carbonyl (C=O) groups is 2. The van der Waals surface area contributed by atoms with Crippen molar-refractivity contribution >= 4 is 19.8 Å². The molecule has 86 heavy (non-hydrogen) atoms. The van der Waals surface area contributed by atoms with Crippen molar-refractivity contribution in [2.24, 2.45) is 0 Å². The van der Waals surface area contributed by atoms with Crippen molar-refractivity contribution in [1.29, 1.82) is 0 Å². The third kappa shape index (κ3) is 71.6. The smallest absolute Gasteiger partial charge is 0.306 e. The summed E-state index contributed by atoms with van der Waals surface area (Å²) in [4.78, 5) is 38.1. The van der Waals surface area contributed by atoms with Crippen molar-refractivity contribution in [1.82, 2.24) is 0 Å². The Kier molecular flexibility index (Phi) is 66.7. The highest BCUT2D eigenvalue weighted by atomic mass is 31.2. The Labute approximate surface area is 536 Å². The molecular weight excluding hydrogens is 1090 g/mol. The zero-order valence-corrected chi connectivity index (χ0v) is 59.2. The number of nitrogens with zero attached hydrogens (tertiary/aromatic N) is 1. The molecule has 0 fully saturated rings. The monoisotopic (exact) mass is 1230 g/mol. The van der Waals surface area contributed by atoms with Crippen LogP contribution in [0.25, 0.3) is 0 Å². The molecule has 0 saturated heterocycles. The lowest BCUT2D eigenvalue weighted by Gasteiger charge is -2.28. The van der Waals surface area contributed by atoms with Crippen LogP contribution in [-0.2, 0) is 32.7 Å². The molecule has 0 saturated carbocycles. The molecule has 0 N–H and O–H groups in total. The predicted octanol–water partition coefficient (Wildman–Crippen LogP) is 24.2. The van der Waals surface area contributed by atoms with E-state index >= 15 is 0 Å². The average molecular weight is 1230 g/mol. The molecular formula is C76H148NO8P. The summed E-state index contributed by atoms with van der Waals surface area (Å²) in [6.45, 7) is 4.30. The van der Waals surface area contributed by atoms with Gasteiger partial charge in [-0.15, -0.1) is 0 Å². The van der Waals surface area contributed by atoms with Crippen molar-refractivity contribution in [3.63, 3.8) is 0 Å². The molecule has 0 heterocycles. The zero-order valence-electron chi connectivity index (χ0n) is 58.3. The maximum Gasteiger partial charge on any atom is 0.306 e. The van der Waals surface area contributed by atoms with E-state index in [1.807, 2.05) is 21.1 Å². The van der Waals surface area contributed by atoms with Crippen LogP contribution in [0.4, 0.5) is 0 Å². The minimum atomic E-state index is -4.64. The first-order valence-electron chi connectivity index (χ1n) is 38.0. The molecule has 510 valence electrons. The second kappa shape index (κ2) is 67.9. The van der Waals surface area contributed by atoms with E-state index in [9.17, 15) is 19.0 Å². The van der Waals surface area contributed by atoms with Crippen molar-refractivity contribution in [2.45, 2.75) is 405 Å². The Morgan fingerprint density at radius 1 is 0.360 bits per heavy atom. The van der Waals surface area contributed by atoms with Crippen LogP contribution < -0.4 is 4.89 Å². The molecule has 2 atom stereocenters. The summed E-state index contributed by atoms with van der Waals surface area (Å²) < 4.78 is 34.3. The van der Waals surface area contributed by atoms with Gasteiger partial charge in [0.1, 0.15) is 19.8 Å². The second-order valence-electron chi connectivity index (χ2n) is 27.4. The lowest BCUT2D eigenvalue weighted by Crippen LogP contribution is -2.37. The Morgan fingerprint density at radius 2 is 0.628 bits per heavy atom. The van der Waals surface area contributed by atoms with Crippen molar-refractivity contribution < 1.29 is 42.1 Å². The maximum atomic E-state index is 12.9. The Hall–Kier alpha value is -1.51. The number of hydrogen-bond donors (Lipinski definition) is 0. The summed E-state index contributed by atoms with van der Waals surface area (Å²) >= 11 is 0. The number of hydrogen-bond acceptors (Lipinski definition) is 8. The Bertz CT molecular complexity index is 1500. The second-order valence-corrected chi connectivity index (χ2v) is 28.8. The highest BCUT2D eigenvalue weighted by Crippen LogP contribution is 2.38. The molecule has 10 heteroatoms. The number of carbonyl (C=O) groups excluding carboxylic acids is 2. The van der Waals surface area contributed by atoms with E-state index < -0.39 is 26.5 Å². The molecule has 0 bridgehead atoms. The summed E-state index contributed by atoms with van der Waals surface area (Å²) in [5.41, 5.74) is 0. The SMILES string of the molecule is CCCCCCC/C=C\C/C=C\CCCCCCCCCCCCCC(=O)OC(COC(=O)CCCCCCCCCCCCCCCCCCCCCCCCCCCCCCCCCCCCCCCCC)COP(=O)([O-])OCC[N+](C)(C)C. The largest absolute Gasteiger partial charge is 0.756 e. The van der Waals surface area contributed by atoms with Crippen LogP contribution in [0.5, 0.6) is 0 Å². The lowest BCUT2D eigenvalue weighted by molar-refractivity contribution is -0.870. The van der Waals surface area contributed by atoms with Crippen LogP contribution >= 0.6 is 7.82 Å². The van der Waals surface area contributed by atoms with Gasteiger partial charge in [-0.2, -0.15) is 0 Å². The van der Waals surface area contributed by atoms with Crippen molar-refractivity contribution in [2.75, 3.05) is 47.5 Å². The van der Waals surface area contributed by atoms with Gasteiger partial charge in [-0.1, -0.05) is 366 Å². The summed E-state index contributed by atoms with van der Waals surface area (Å²) in [5.74, 6) is -0.813. The molecule has 0 aliphatic carbocycles. The first-order chi connectivity index (χ1) is 42.0. The van der Waals surface area contributed by atoms with E-state index in [4.69, 9.17) is 18.5 Å². The fraction of sp³-hybridized carbons (Fsp3) is 0.921. The van der Waals surface area contributed by atoms with Gasteiger partial charge in [0.25, 0.3) is 7.82 Å². The number of rotatable bonds is 72. The number of phosphoric acid groups is 1. The highest BCUT2D eigenvalue weighted by Gasteiger charge is 2.22. The fourth-order valence-electron chi connectivity index (χ4n) is 11.6. The number of unbranched alkanes of at least 4 members (excludes halogenated alkanes) is 54. The van der Waals surface area contributed by atoms with Crippen LogP contribution in [0.2, 0.25) is 0 Å². The normalized spacial score (nSPS) is 13.1. The maximum absolute atomic E-state index is 12.9. The van der Waals surface area contributed by atoms with Crippen LogP contribution in [0.3, 0.4) is 0 Å². The topological polar surface area (TPSA) is 111 Å². The van der Waals surface area contributed by atoms with E-state index in [1.165, 1.54) is 321 Å². The van der Waals surface area contributed by atoms with Gasteiger partial charge in [0.05, 0.1) is 27.7 Å². The van der Waals surface area contributed by atoms with Crippen LogP contribution in [0.15, 0.2) is 24.3 Å². The van der Waals surface area contributed by atoms with Crippen LogP contribution in [0, 0.1) is 0 Å². The summed E-state index contributed by atoms with van der Waals surface area (Å²) in [5, 5.41) is 0. The lowest BCUT2D eigenvalue weighted by atomic mass is 10.0. The van der Waals surface area contributed by atoms with E-state index in [-0.39, 0.29) is 32.0 Å². The van der Waals surface area contributed by atoms with Gasteiger partial charge in [0, 0.05) is 12.8 Å². The highest BCUT2D eigenvalue weighted by molar-refractivity contribution is 7.45. The first-order valence-corrected chi connectivity index (χ1v) is 39.5. The Morgan fingerprint density at radius 3 is 0.919 bits per heavy atom. The predicted molar refractivity (Wildman–Crippen MR) is 370 cm³/mol. The molecule has 0 aromatic rings. The minimum Gasteiger partial charge on any atom is -0.756 e. The minimum absolute atomic E-state index is 0.0283. The van der Waals surface area contributed by atoms with E-state index in [1.54, 1.807) is 0 Å². The Balaban J connectivity index is 3.87. The molecule has 0 rings (SSSR count). The molecule has 0 spiro atoms. The molecule has 2 unspecified atom stereocenters. The number of ether oxygens (including phenoxy) is 2.